The van der Waals surface area contributed by atoms with Gasteiger partial charge in [0.15, 0.2) is 0 Å². The molecule has 5 nitrogen and oxygen atoms in total. The van der Waals surface area contributed by atoms with Crippen LogP contribution in [-0.2, 0) is 11.2 Å². The average Bonchev–Trinajstić information content (AvgIpc) is 3.29. The Labute approximate surface area is 178 Å². The summed E-state index contributed by atoms with van der Waals surface area (Å²) in [5, 5.41) is 1.73. The molecule has 0 spiro atoms. The maximum absolute atomic E-state index is 12.7. The van der Waals surface area contributed by atoms with Crippen LogP contribution >= 0.6 is 11.6 Å². The predicted molar refractivity (Wildman–Crippen MR) is 119 cm³/mol. The van der Waals surface area contributed by atoms with Gasteiger partial charge in [-0.3, -0.25) is 4.79 Å². The van der Waals surface area contributed by atoms with E-state index in [0.29, 0.717) is 17.5 Å². The molecular weight excluding hydrogens is 384 g/mol. The lowest BCUT2D eigenvalue weighted by molar-refractivity contribution is -0.129. The number of nitrogens with zero attached hydrogens (tertiary/aromatic N) is 4. The second-order valence-corrected chi connectivity index (χ2v) is 8.74. The highest BCUT2D eigenvalue weighted by atomic mass is 35.5. The van der Waals surface area contributed by atoms with Gasteiger partial charge in [0.25, 0.3) is 0 Å². The molecule has 2 heterocycles. The van der Waals surface area contributed by atoms with Crippen molar-refractivity contribution in [2.24, 2.45) is 0 Å². The van der Waals surface area contributed by atoms with Crippen LogP contribution in [0.2, 0.25) is 5.02 Å². The largest absolute Gasteiger partial charge is 0.352 e. The fourth-order valence-corrected chi connectivity index (χ4v) is 4.87. The van der Waals surface area contributed by atoms with Crippen LogP contribution in [0.4, 0.5) is 5.82 Å². The summed E-state index contributed by atoms with van der Waals surface area (Å²) in [6, 6.07) is 6.31. The van der Waals surface area contributed by atoms with E-state index in [2.05, 4.69) is 11.8 Å². The van der Waals surface area contributed by atoms with E-state index in [0.717, 1.165) is 61.4 Å². The molecule has 2 aliphatic rings. The Kier molecular flexibility index (Phi) is 6.53. The quantitative estimate of drug-likeness (QED) is 0.667. The van der Waals surface area contributed by atoms with Crippen molar-refractivity contribution in [2.45, 2.75) is 70.8 Å². The van der Waals surface area contributed by atoms with E-state index in [1.807, 2.05) is 23.1 Å². The van der Waals surface area contributed by atoms with Crippen molar-refractivity contribution in [1.82, 2.24) is 14.9 Å². The number of halogens is 1. The number of aryl methyl sites for hydroxylation is 1. The number of rotatable bonds is 6. The summed E-state index contributed by atoms with van der Waals surface area (Å²) < 4.78 is 0. The van der Waals surface area contributed by atoms with Crippen LogP contribution in [0, 0.1) is 0 Å². The summed E-state index contributed by atoms with van der Waals surface area (Å²) >= 11 is 6.25. The van der Waals surface area contributed by atoms with Gasteiger partial charge < -0.3 is 9.80 Å². The van der Waals surface area contributed by atoms with E-state index < -0.39 is 0 Å². The smallest absolute Gasteiger partial charge is 0.224 e. The molecule has 0 bridgehead atoms. The van der Waals surface area contributed by atoms with Gasteiger partial charge in [0.05, 0.1) is 5.52 Å². The van der Waals surface area contributed by atoms with Gasteiger partial charge in [0.2, 0.25) is 5.91 Å². The summed E-state index contributed by atoms with van der Waals surface area (Å²) in [5.41, 5.74) is 0.894. The number of likely N-dealkylation sites (tertiary alicyclic amines) is 1. The summed E-state index contributed by atoms with van der Waals surface area (Å²) in [6.45, 7) is 4.63. The van der Waals surface area contributed by atoms with Crippen LogP contribution in [0.3, 0.4) is 0 Å². The Balaban J connectivity index is 1.67. The summed E-state index contributed by atoms with van der Waals surface area (Å²) in [6.07, 6.45) is 9.73. The molecule has 0 atom stereocenters. The molecule has 1 saturated carbocycles. The van der Waals surface area contributed by atoms with Crippen molar-refractivity contribution < 1.29 is 4.79 Å². The third-order valence-electron chi connectivity index (χ3n) is 6.31. The standard InChI is InChI=1S/C23H31ClN4O/c1-2-21-25-20-16-17(24)10-11-19(20)23(26-21)28(18-8-4-3-5-9-18)15-12-22(29)27-13-6-7-14-27/h10-11,16,18H,2-9,12-15H2,1H3. The zero-order valence-corrected chi connectivity index (χ0v) is 18.1. The third kappa shape index (κ3) is 4.66. The molecule has 1 aliphatic carbocycles. The molecule has 4 rings (SSSR count). The van der Waals surface area contributed by atoms with E-state index >= 15 is 0 Å². The van der Waals surface area contributed by atoms with Gasteiger partial charge in [0, 0.05) is 48.9 Å². The van der Waals surface area contributed by atoms with Gasteiger partial charge in [-0.25, -0.2) is 9.97 Å². The SMILES string of the molecule is CCc1nc(N(CCC(=O)N2CCCC2)C2CCCCC2)c2ccc(Cl)cc2n1. The van der Waals surface area contributed by atoms with Crippen LogP contribution in [0.15, 0.2) is 18.2 Å². The number of aromatic nitrogens is 2. The first-order valence-corrected chi connectivity index (χ1v) is 11.5. The highest BCUT2D eigenvalue weighted by Crippen LogP contribution is 2.32. The van der Waals surface area contributed by atoms with Crippen molar-refractivity contribution in [2.75, 3.05) is 24.5 Å². The van der Waals surface area contributed by atoms with E-state index in [1.54, 1.807) is 0 Å². The number of hydrogen-bond acceptors (Lipinski definition) is 4. The lowest BCUT2D eigenvalue weighted by atomic mass is 9.93. The molecule has 2 fully saturated rings. The topological polar surface area (TPSA) is 49.3 Å². The molecule has 1 saturated heterocycles. The van der Waals surface area contributed by atoms with Crippen molar-refractivity contribution in [3.8, 4) is 0 Å². The Hall–Kier alpha value is -1.88. The molecule has 1 amide bonds. The minimum absolute atomic E-state index is 0.278. The first kappa shape index (κ1) is 20.4. The number of amides is 1. The van der Waals surface area contributed by atoms with E-state index in [4.69, 9.17) is 21.6 Å². The number of carbonyl (C=O) groups is 1. The van der Waals surface area contributed by atoms with Crippen LogP contribution in [0.1, 0.15) is 64.1 Å². The number of anilines is 1. The van der Waals surface area contributed by atoms with Crippen molar-refractivity contribution in [3.05, 3.63) is 29.0 Å². The zero-order valence-electron chi connectivity index (χ0n) is 17.4. The molecule has 0 radical (unpaired) electrons. The first-order chi connectivity index (χ1) is 14.2. The summed E-state index contributed by atoms with van der Waals surface area (Å²) in [4.78, 5) is 26.8. The van der Waals surface area contributed by atoms with Crippen molar-refractivity contribution in [1.29, 1.82) is 0 Å². The van der Waals surface area contributed by atoms with Crippen LogP contribution in [0.25, 0.3) is 10.9 Å². The highest BCUT2D eigenvalue weighted by Gasteiger charge is 2.26. The fraction of sp³-hybridized carbons (Fsp3) is 0.609. The number of fused-ring (bicyclic) bond motifs is 1. The molecule has 0 unspecified atom stereocenters. The zero-order chi connectivity index (χ0) is 20.2. The minimum Gasteiger partial charge on any atom is -0.352 e. The minimum atomic E-state index is 0.278. The number of carbonyl (C=O) groups excluding carboxylic acids is 1. The predicted octanol–water partition coefficient (Wildman–Crippen LogP) is 5.00. The Morgan fingerprint density at radius 1 is 1.14 bits per heavy atom. The van der Waals surface area contributed by atoms with Gasteiger partial charge in [-0.2, -0.15) is 0 Å². The molecule has 1 aromatic heterocycles. The molecule has 6 heteroatoms. The average molecular weight is 415 g/mol. The van der Waals surface area contributed by atoms with E-state index in [1.165, 1.54) is 32.1 Å². The van der Waals surface area contributed by atoms with Gasteiger partial charge in [-0.1, -0.05) is 37.8 Å². The third-order valence-corrected chi connectivity index (χ3v) is 6.55. The van der Waals surface area contributed by atoms with Gasteiger partial charge in [-0.15, -0.1) is 0 Å². The lowest BCUT2D eigenvalue weighted by Gasteiger charge is -2.36. The second-order valence-electron chi connectivity index (χ2n) is 8.30. The Bertz CT molecular complexity index is 859. The Morgan fingerprint density at radius 3 is 2.62 bits per heavy atom. The molecule has 156 valence electrons. The molecule has 0 N–H and O–H groups in total. The number of benzene rings is 1. The molecular formula is C23H31ClN4O. The van der Waals surface area contributed by atoms with Crippen molar-refractivity contribution in [3.63, 3.8) is 0 Å². The van der Waals surface area contributed by atoms with E-state index in [-0.39, 0.29) is 5.91 Å². The highest BCUT2D eigenvalue weighted by molar-refractivity contribution is 6.31. The Morgan fingerprint density at radius 2 is 1.90 bits per heavy atom. The number of hydrogen-bond donors (Lipinski definition) is 0. The van der Waals surface area contributed by atoms with Crippen LogP contribution in [-0.4, -0.2) is 46.5 Å². The van der Waals surface area contributed by atoms with Crippen molar-refractivity contribution >= 4 is 34.2 Å². The fourth-order valence-electron chi connectivity index (χ4n) is 4.70. The molecule has 1 aromatic carbocycles. The van der Waals surface area contributed by atoms with Gasteiger partial charge in [-0.05, 0) is 43.9 Å². The van der Waals surface area contributed by atoms with Gasteiger partial charge >= 0.3 is 0 Å². The van der Waals surface area contributed by atoms with Gasteiger partial charge in [0.1, 0.15) is 11.6 Å². The second kappa shape index (κ2) is 9.29. The monoisotopic (exact) mass is 414 g/mol. The maximum Gasteiger partial charge on any atom is 0.224 e. The van der Waals surface area contributed by atoms with Crippen LogP contribution in [0.5, 0.6) is 0 Å². The maximum atomic E-state index is 12.7. The molecule has 1 aliphatic heterocycles. The van der Waals surface area contributed by atoms with E-state index in [9.17, 15) is 4.79 Å². The normalized spacial score (nSPS) is 17.8. The first-order valence-electron chi connectivity index (χ1n) is 11.2. The summed E-state index contributed by atoms with van der Waals surface area (Å²) in [5.74, 6) is 2.09. The molecule has 29 heavy (non-hydrogen) atoms. The lowest BCUT2D eigenvalue weighted by Crippen LogP contribution is -2.40. The molecule has 2 aromatic rings. The van der Waals surface area contributed by atoms with Crippen LogP contribution < -0.4 is 4.90 Å². The summed E-state index contributed by atoms with van der Waals surface area (Å²) in [7, 11) is 0.